The number of halogens is 1. The van der Waals surface area contributed by atoms with Crippen molar-refractivity contribution in [1.82, 2.24) is 0 Å². The number of alkyl halides is 1. The van der Waals surface area contributed by atoms with Crippen LogP contribution in [0.1, 0.15) is 6.42 Å². The number of carboxylic acid groups (broad SMARTS) is 1. The summed E-state index contributed by atoms with van der Waals surface area (Å²) in [5.41, 5.74) is 0. The summed E-state index contributed by atoms with van der Waals surface area (Å²) < 4.78 is 12.6. The molecule has 2 nitrogen and oxygen atoms in total. The molecule has 0 aromatic carbocycles. The molecule has 0 aliphatic carbocycles. The summed E-state index contributed by atoms with van der Waals surface area (Å²) in [4.78, 5) is 10.1. The highest BCUT2D eigenvalue weighted by molar-refractivity contribution is 7.99. The van der Waals surface area contributed by atoms with E-state index < -0.39 is 12.1 Å². The van der Waals surface area contributed by atoms with E-state index in [-0.39, 0.29) is 5.92 Å². The number of aliphatic carboxylic acids is 1. The molecule has 0 saturated carbocycles. The van der Waals surface area contributed by atoms with Gasteiger partial charge in [-0.25, -0.2) is 9.18 Å². The molecule has 0 spiro atoms. The first-order valence-corrected chi connectivity index (χ1v) is 4.32. The minimum absolute atomic E-state index is 0.248. The molecule has 0 bridgehead atoms. The maximum Gasteiger partial charge on any atom is 0.338 e. The molecule has 0 aromatic rings. The van der Waals surface area contributed by atoms with Crippen molar-refractivity contribution in [2.24, 2.45) is 5.92 Å². The average molecular weight is 164 g/mol. The molecule has 0 radical (unpaired) electrons. The van der Waals surface area contributed by atoms with E-state index in [4.69, 9.17) is 5.11 Å². The number of hydrogen-bond donors (Lipinski definition) is 1. The van der Waals surface area contributed by atoms with Gasteiger partial charge in [-0.15, -0.1) is 0 Å². The zero-order valence-corrected chi connectivity index (χ0v) is 6.23. The summed E-state index contributed by atoms with van der Waals surface area (Å²) in [6.45, 7) is 0. The lowest BCUT2D eigenvalue weighted by atomic mass is 10.0. The molecule has 1 rings (SSSR count). The van der Waals surface area contributed by atoms with E-state index >= 15 is 0 Å². The Morgan fingerprint density at radius 2 is 2.50 bits per heavy atom. The highest BCUT2D eigenvalue weighted by Crippen LogP contribution is 2.27. The van der Waals surface area contributed by atoms with E-state index in [9.17, 15) is 9.18 Å². The van der Waals surface area contributed by atoms with Gasteiger partial charge in [0.1, 0.15) is 0 Å². The molecule has 58 valence electrons. The molecular formula is C6H9FO2S. The van der Waals surface area contributed by atoms with Crippen LogP contribution in [0, 0.1) is 5.92 Å². The highest BCUT2D eigenvalue weighted by Gasteiger charge is 2.30. The zero-order valence-electron chi connectivity index (χ0n) is 5.42. The van der Waals surface area contributed by atoms with Crippen molar-refractivity contribution in [3.63, 3.8) is 0 Å². The molecule has 1 saturated heterocycles. The van der Waals surface area contributed by atoms with Crippen molar-refractivity contribution in [2.45, 2.75) is 12.6 Å². The lowest BCUT2D eigenvalue weighted by molar-refractivity contribution is -0.144. The fraction of sp³-hybridized carbons (Fsp3) is 0.833. The second-order valence-electron chi connectivity index (χ2n) is 2.36. The van der Waals surface area contributed by atoms with Crippen LogP contribution in [-0.2, 0) is 4.79 Å². The van der Waals surface area contributed by atoms with Gasteiger partial charge in [0.15, 0.2) is 0 Å². The van der Waals surface area contributed by atoms with Crippen LogP contribution in [0.3, 0.4) is 0 Å². The molecule has 2 unspecified atom stereocenters. The summed E-state index contributed by atoms with van der Waals surface area (Å²) in [6, 6.07) is 0. The number of carbonyl (C=O) groups is 1. The van der Waals surface area contributed by atoms with Crippen LogP contribution in [0.4, 0.5) is 4.39 Å². The van der Waals surface area contributed by atoms with E-state index in [0.717, 1.165) is 5.75 Å². The van der Waals surface area contributed by atoms with Crippen LogP contribution in [0.15, 0.2) is 0 Å². The van der Waals surface area contributed by atoms with Crippen molar-refractivity contribution in [1.29, 1.82) is 0 Å². The SMILES string of the molecule is O=C(O)C(F)C1CCSC1. The third kappa shape index (κ3) is 1.62. The second-order valence-corrected chi connectivity index (χ2v) is 3.51. The van der Waals surface area contributed by atoms with E-state index in [1.54, 1.807) is 11.8 Å². The van der Waals surface area contributed by atoms with Crippen molar-refractivity contribution < 1.29 is 14.3 Å². The van der Waals surface area contributed by atoms with Gasteiger partial charge in [-0.05, 0) is 17.9 Å². The first kappa shape index (κ1) is 7.85. The van der Waals surface area contributed by atoms with Crippen molar-refractivity contribution in [3.05, 3.63) is 0 Å². The second kappa shape index (κ2) is 3.23. The smallest absolute Gasteiger partial charge is 0.338 e. The summed E-state index contributed by atoms with van der Waals surface area (Å²) in [5, 5.41) is 8.26. The van der Waals surface area contributed by atoms with E-state index in [1.165, 1.54) is 0 Å². The van der Waals surface area contributed by atoms with E-state index in [2.05, 4.69) is 0 Å². The van der Waals surface area contributed by atoms with Gasteiger partial charge in [-0.2, -0.15) is 11.8 Å². The molecule has 10 heavy (non-hydrogen) atoms. The lowest BCUT2D eigenvalue weighted by Gasteiger charge is -2.08. The molecule has 1 aliphatic heterocycles. The van der Waals surface area contributed by atoms with Crippen LogP contribution >= 0.6 is 11.8 Å². The van der Waals surface area contributed by atoms with Gasteiger partial charge in [-0.1, -0.05) is 0 Å². The highest BCUT2D eigenvalue weighted by atomic mass is 32.2. The average Bonchev–Trinajstić information content (AvgIpc) is 2.36. The largest absolute Gasteiger partial charge is 0.479 e. The third-order valence-electron chi connectivity index (χ3n) is 1.61. The number of thioether (sulfide) groups is 1. The standard InChI is InChI=1S/C6H9FO2S/c7-5(6(8)9)4-1-2-10-3-4/h4-5H,1-3H2,(H,8,9). The number of rotatable bonds is 2. The van der Waals surface area contributed by atoms with Crippen molar-refractivity contribution >= 4 is 17.7 Å². The Morgan fingerprint density at radius 3 is 2.90 bits per heavy atom. The Hall–Kier alpha value is -0.250. The molecule has 1 heterocycles. The molecule has 0 aromatic heterocycles. The number of hydrogen-bond acceptors (Lipinski definition) is 2. The topological polar surface area (TPSA) is 37.3 Å². The van der Waals surface area contributed by atoms with Crippen LogP contribution < -0.4 is 0 Å². The Labute approximate surface area is 62.8 Å². The Morgan fingerprint density at radius 1 is 1.80 bits per heavy atom. The van der Waals surface area contributed by atoms with Gasteiger partial charge in [0.25, 0.3) is 0 Å². The quantitative estimate of drug-likeness (QED) is 0.665. The Bertz CT molecular complexity index is 134. The van der Waals surface area contributed by atoms with Gasteiger partial charge >= 0.3 is 5.97 Å². The monoisotopic (exact) mass is 164 g/mol. The summed E-state index contributed by atoms with van der Waals surface area (Å²) in [7, 11) is 0. The molecule has 1 N–H and O–H groups in total. The Balaban J connectivity index is 2.39. The fourth-order valence-electron chi connectivity index (χ4n) is 0.985. The fourth-order valence-corrected chi connectivity index (χ4v) is 2.26. The van der Waals surface area contributed by atoms with Gasteiger partial charge in [0.2, 0.25) is 6.17 Å². The zero-order chi connectivity index (χ0) is 7.56. The molecule has 1 aliphatic rings. The van der Waals surface area contributed by atoms with E-state index in [0.29, 0.717) is 12.2 Å². The molecular weight excluding hydrogens is 155 g/mol. The lowest BCUT2D eigenvalue weighted by Crippen LogP contribution is -2.24. The van der Waals surface area contributed by atoms with E-state index in [1.807, 2.05) is 0 Å². The predicted octanol–water partition coefficient (Wildman–Crippen LogP) is 1.16. The van der Waals surface area contributed by atoms with Crippen LogP contribution in [0.25, 0.3) is 0 Å². The van der Waals surface area contributed by atoms with Crippen LogP contribution in [0.2, 0.25) is 0 Å². The summed E-state index contributed by atoms with van der Waals surface area (Å²) in [6.07, 6.45) is -0.937. The molecule has 1 fully saturated rings. The maximum absolute atomic E-state index is 12.6. The molecule has 2 atom stereocenters. The predicted molar refractivity (Wildman–Crippen MR) is 38.0 cm³/mol. The first-order chi connectivity index (χ1) is 4.72. The van der Waals surface area contributed by atoms with Gasteiger partial charge in [0.05, 0.1) is 0 Å². The minimum Gasteiger partial charge on any atom is -0.479 e. The number of carboxylic acids is 1. The summed E-state index contributed by atoms with van der Waals surface area (Å²) >= 11 is 1.62. The third-order valence-corrected chi connectivity index (χ3v) is 2.80. The molecule has 0 amide bonds. The molecule has 4 heteroatoms. The van der Waals surface area contributed by atoms with Crippen LogP contribution in [0.5, 0.6) is 0 Å². The maximum atomic E-state index is 12.6. The normalized spacial score (nSPS) is 28.3. The summed E-state index contributed by atoms with van der Waals surface area (Å²) in [5.74, 6) is 0.00116. The van der Waals surface area contributed by atoms with Crippen molar-refractivity contribution in [2.75, 3.05) is 11.5 Å². The minimum atomic E-state index is -1.64. The first-order valence-electron chi connectivity index (χ1n) is 3.16. The van der Waals surface area contributed by atoms with Crippen LogP contribution in [-0.4, -0.2) is 28.8 Å². The van der Waals surface area contributed by atoms with Gasteiger partial charge in [0, 0.05) is 5.92 Å². The van der Waals surface area contributed by atoms with Gasteiger partial charge < -0.3 is 5.11 Å². The van der Waals surface area contributed by atoms with Crippen molar-refractivity contribution in [3.8, 4) is 0 Å². The van der Waals surface area contributed by atoms with Gasteiger partial charge in [-0.3, -0.25) is 0 Å². The Kier molecular flexibility index (Phi) is 2.54.